The van der Waals surface area contributed by atoms with E-state index < -0.39 is 0 Å². The Morgan fingerprint density at radius 2 is 1.84 bits per heavy atom. The van der Waals surface area contributed by atoms with Gasteiger partial charge < -0.3 is 15.4 Å². The highest BCUT2D eigenvalue weighted by Crippen LogP contribution is 2.67. The van der Waals surface area contributed by atoms with Crippen LogP contribution in [0.5, 0.6) is 0 Å². The van der Waals surface area contributed by atoms with Crippen molar-refractivity contribution in [1.29, 1.82) is 0 Å². The number of nitrogens with one attached hydrogen (secondary N) is 2. The van der Waals surface area contributed by atoms with E-state index in [0.717, 1.165) is 61.5 Å². The van der Waals surface area contributed by atoms with E-state index in [0.29, 0.717) is 41.9 Å². The number of ketones is 1. The van der Waals surface area contributed by atoms with Crippen molar-refractivity contribution in [2.24, 2.45) is 46.3 Å². The van der Waals surface area contributed by atoms with Gasteiger partial charge in [-0.05, 0) is 105 Å². The van der Waals surface area contributed by atoms with Gasteiger partial charge in [0, 0.05) is 29.3 Å². The molecule has 44 heavy (non-hydrogen) atoms. The van der Waals surface area contributed by atoms with Crippen molar-refractivity contribution in [1.82, 2.24) is 10.6 Å². The Labute approximate surface area is 270 Å². The molecule has 2 amide bonds. The smallest absolute Gasteiger partial charge is 0.315 e. The van der Waals surface area contributed by atoms with Crippen LogP contribution in [-0.2, 0) is 14.3 Å². The molecule has 0 radical (unpaired) electrons. The predicted octanol–water partition coefficient (Wildman–Crippen LogP) is 7.85. The van der Waals surface area contributed by atoms with Gasteiger partial charge in [-0.25, -0.2) is 4.79 Å². The number of rotatable bonds is 12. The molecular weight excluding hydrogens is 568 g/mol. The third-order valence-corrected chi connectivity index (χ3v) is 14.9. The van der Waals surface area contributed by atoms with Crippen LogP contribution in [0.15, 0.2) is 11.6 Å². The molecule has 0 aromatic carbocycles. The second-order valence-electron chi connectivity index (χ2n) is 16.3. The summed E-state index contributed by atoms with van der Waals surface area (Å²) in [5.74, 6) is 5.54. The van der Waals surface area contributed by atoms with Gasteiger partial charge in [-0.2, -0.15) is 11.8 Å². The Kier molecular flexibility index (Phi) is 9.82. The van der Waals surface area contributed by atoms with E-state index in [1.807, 2.05) is 17.8 Å². The lowest BCUT2D eigenvalue weighted by atomic mass is 9.46. The van der Waals surface area contributed by atoms with Gasteiger partial charge in [0.2, 0.25) is 0 Å². The molecule has 0 aromatic heterocycles. The number of unbranched alkanes of at least 4 members (excludes halogenated alkanes) is 1. The fraction of sp³-hybridized carbons (Fsp3) is 0.865. The number of hydrogen-bond donors (Lipinski definition) is 2. The molecule has 0 spiro atoms. The van der Waals surface area contributed by atoms with Crippen LogP contribution >= 0.6 is 11.8 Å². The highest BCUT2D eigenvalue weighted by molar-refractivity contribution is 8.00. The summed E-state index contributed by atoms with van der Waals surface area (Å²) in [5.41, 5.74) is 1.58. The number of hydrogen-bond acceptors (Lipinski definition) is 5. The van der Waals surface area contributed by atoms with Crippen LogP contribution in [0, 0.1) is 46.3 Å². The highest BCUT2D eigenvalue weighted by atomic mass is 32.2. The minimum absolute atomic E-state index is 0.0435. The van der Waals surface area contributed by atoms with Crippen LogP contribution in [0.3, 0.4) is 0 Å². The summed E-state index contributed by atoms with van der Waals surface area (Å²) in [4.78, 5) is 37.4. The summed E-state index contributed by atoms with van der Waals surface area (Å²) in [6.45, 7) is 10.3. The zero-order valence-electron chi connectivity index (χ0n) is 27.8. The number of fused-ring (bicyclic) bond motifs is 6. The molecule has 3 saturated carbocycles. The molecule has 0 unspecified atom stereocenters. The Morgan fingerprint density at radius 3 is 2.66 bits per heavy atom. The number of ether oxygens (including phenoxy) is 1. The van der Waals surface area contributed by atoms with Gasteiger partial charge in [0.1, 0.15) is 6.61 Å². The number of carbonyl (C=O) groups excluding carboxylic acids is 3. The SMILES string of the molecule is CC(C)CCC[C@@H](C)[C@H]1CC[C@H]2[C@@H]3CCC4=CC(=O)CC[C@]4(COC(=O)CCCC[C@@H]4SC[C@@H]5NC(=O)N[C@@H]54)[C@H]3CC[C@]12C. The first-order chi connectivity index (χ1) is 21.1. The van der Waals surface area contributed by atoms with E-state index in [9.17, 15) is 14.4 Å². The molecule has 246 valence electrons. The number of esters is 1. The van der Waals surface area contributed by atoms with Gasteiger partial charge in [0.15, 0.2) is 5.78 Å². The van der Waals surface area contributed by atoms with Crippen molar-refractivity contribution in [3.8, 4) is 0 Å². The van der Waals surface area contributed by atoms with Gasteiger partial charge >= 0.3 is 12.0 Å². The Hall–Kier alpha value is -1.50. The molecule has 4 aliphatic carbocycles. The zero-order valence-corrected chi connectivity index (χ0v) is 28.7. The molecule has 6 nitrogen and oxygen atoms in total. The van der Waals surface area contributed by atoms with Crippen LogP contribution in [0.4, 0.5) is 4.79 Å². The first-order valence-electron chi connectivity index (χ1n) is 18.2. The zero-order chi connectivity index (χ0) is 31.1. The summed E-state index contributed by atoms with van der Waals surface area (Å²) < 4.78 is 6.18. The van der Waals surface area contributed by atoms with E-state index in [4.69, 9.17) is 4.74 Å². The van der Waals surface area contributed by atoms with Gasteiger partial charge in [-0.15, -0.1) is 0 Å². The second kappa shape index (κ2) is 13.3. The average Bonchev–Trinajstić information content (AvgIpc) is 3.65. The van der Waals surface area contributed by atoms with Crippen LogP contribution in [0.1, 0.15) is 124 Å². The molecule has 2 heterocycles. The minimum Gasteiger partial charge on any atom is -0.465 e. The molecule has 7 heteroatoms. The lowest BCUT2D eigenvalue weighted by Crippen LogP contribution is -2.53. The molecule has 5 fully saturated rings. The quantitative estimate of drug-likeness (QED) is 0.131. The van der Waals surface area contributed by atoms with Crippen molar-refractivity contribution in [3.05, 3.63) is 11.6 Å². The first kappa shape index (κ1) is 32.4. The molecule has 2 saturated heterocycles. The third kappa shape index (κ3) is 6.26. The molecule has 6 aliphatic rings. The van der Waals surface area contributed by atoms with E-state index in [1.165, 1.54) is 56.9 Å². The summed E-state index contributed by atoms with van der Waals surface area (Å²) in [5, 5.41) is 6.50. The Morgan fingerprint density at radius 1 is 1.00 bits per heavy atom. The molecule has 10 atom stereocenters. The fourth-order valence-electron chi connectivity index (χ4n) is 11.2. The maximum atomic E-state index is 13.1. The van der Waals surface area contributed by atoms with Crippen LogP contribution in [-0.4, -0.2) is 47.5 Å². The monoisotopic (exact) mass is 626 g/mol. The van der Waals surface area contributed by atoms with Crippen LogP contribution in [0.2, 0.25) is 0 Å². The van der Waals surface area contributed by atoms with Gasteiger partial charge in [0.05, 0.1) is 12.1 Å². The largest absolute Gasteiger partial charge is 0.465 e. The fourth-order valence-corrected chi connectivity index (χ4v) is 12.7. The van der Waals surface area contributed by atoms with E-state index >= 15 is 0 Å². The molecule has 0 aromatic rings. The molecule has 6 rings (SSSR count). The standard InChI is InChI=1S/C37H58N2O4S/c1-23(2)8-7-9-24(3)28-14-15-29-27-13-12-25-20-26(40)16-19-37(25,30(27)17-18-36(28,29)4)22-43-33(41)11-6-5-10-32-34-31(21-44-32)38-35(42)39-34/h20,23-24,27-32,34H,5-19,21-22H2,1-4H3,(H2,38,39,42)/t24-,27+,28-,29+,30+,31+,32+,34+,36-,37-/m1/s1. The normalized spacial score (nSPS) is 39.9. The molecule has 2 N–H and O–H groups in total. The van der Waals surface area contributed by atoms with Crippen LogP contribution in [0.25, 0.3) is 0 Å². The lowest BCUT2D eigenvalue weighted by Gasteiger charge is -2.59. The van der Waals surface area contributed by atoms with Gasteiger partial charge in [-0.3, -0.25) is 9.59 Å². The van der Waals surface area contributed by atoms with E-state index in [1.54, 1.807) is 0 Å². The minimum atomic E-state index is -0.141. The Bertz CT molecular complexity index is 1120. The van der Waals surface area contributed by atoms with Crippen molar-refractivity contribution in [2.75, 3.05) is 12.4 Å². The maximum absolute atomic E-state index is 13.1. The number of amides is 2. The number of thioether (sulfide) groups is 1. The van der Waals surface area contributed by atoms with Gasteiger partial charge in [0.25, 0.3) is 0 Å². The van der Waals surface area contributed by atoms with E-state index in [2.05, 4.69) is 38.3 Å². The average molecular weight is 627 g/mol. The summed E-state index contributed by atoms with van der Waals surface area (Å²) in [6, 6.07) is 0.423. The first-order valence-corrected chi connectivity index (χ1v) is 19.2. The Balaban J connectivity index is 1.06. The highest BCUT2D eigenvalue weighted by Gasteiger charge is 2.61. The number of urea groups is 1. The van der Waals surface area contributed by atoms with Crippen molar-refractivity contribution in [2.45, 2.75) is 141 Å². The van der Waals surface area contributed by atoms with Crippen molar-refractivity contribution in [3.63, 3.8) is 0 Å². The summed E-state index contributed by atoms with van der Waals surface area (Å²) >= 11 is 1.93. The van der Waals surface area contributed by atoms with E-state index in [-0.39, 0.29) is 35.3 Å². The molecule has 2 aliphatic heterocycles. The third-order valence-electron chi connectivity index (χ3n) is 13.4. The van der Waals surface area contributed by atoms with Crippen molar-refractivity contribution < 1.29 is 19.1 Å². The summed E-state index contributed by atoms with van der Waals surface area (Å²) in [7, 11) is 0. The van der Waals surface area contributed by atoms with Crippen LogP contribution < -0.4 is 10.6 Å². The predicted molar refractivity (Wildman–Crippen MR) is 177 cm³/mol. The van der Waals surface area contributed by atoms with Gasteiger partial charge in [-0.1, -0.05) is 59.0 Å². The lowest BCUT2D eigenvalue weighted by molar-refractivity contribution is -0.152. The molecule has 0 bridgehead atoms. The topological polar surface area (TPSA) is 84.5 Å². The maximum Gasteiger partial charge on any atom is 0.315 e. The number of carbonyl (C=O) groups is 3. The van der Waals surface area contributed by atoms with Crippen molar-refractivity contribution >= 4 is 29.5 Å². The molecular formula is C37H58N2O4S. The summed E-state index contributed by atoms with van der Waals surface area (Å²) in [6.07, 6.45) is 18.1. The second-order valence-corrected chi connectivity index (χ2v) is 17.5.